The highest BCUT2D eigenvalue weighted by Crippen LogP contribution is 2.29. The molecule has 0 N–H and O–H groups in total. The predicted molar refractivity (Wildman–Crippen MR) is 102 cm³/mol. The summed E-state index contributed by atoms with van der Waals surface area (Å²) in [4.78, 5) is 20.1. The van der Waals surface area contributed by atoms with E-state index in [2.05, 4.69) is 32.7 Å². The second kappa shape index (κ2) is 7.96. The predicted octanol–water partition coefficient (Wildman–Crippen LogP) is 4.65. The molecule has 136 valence electrons. The van der Waals surface area contributed by atoms with Crippen LogP contribution in [-0.4, -0.2) is 27.5 Å². The van der Waals surface area contributed by atoms with E-state index in [-0.39, 0.29) is 17.1 Å². The fourth-order valence-corrected chi connectivity index (χ4v) is 4.24. The minimum Gasteiger partial charge on any atom is -0.295 e. The van der Waals surface area contributed by atoms with Crippen molar-refractivity contribution in [2.75, 3.05) is 13.1 Å². The Morgan fingerprint density at radius 3 is 2.60 bits per heavy atom. The maximum atomic E-state index is 14.5. The molecule has 0 amide bonds. The van der Waals surface area contributed by atoms with E-state index < -0.39 is 5.82 Å². The lowest BCUT2D eigenvalue weighted by Gasteiger charge is -2.35. The van der Waals surface area contributed by atoms with E-state index in [9.17, 15) is 9.18 Å². The maximum Gasteiger partial charge on any atom is 0.261 e. The number of fused-ring (bicyclic) bond motifs is 1. The average Bonchev–Trinajstić information content (AvgIpc) is 2.61. The van der Waals surface area contributed by atoms with Crippen LogP contribution in [0.1, 0.15) is 57.8 Å². The normalized spacial score (nSPS) is 17.1. The summed E-state index contributed by atoms with van der Waals surface area (Å²) in [6.45, 7) is 6.67. The highest BCUT2D eigenvalue weighted by atomic mass is 79.9. The van der Waals surface area contributed by atoms with E-state index in [4.69, 9.17) is 0 Å². The van der Waals surface area contributed by atoms with Gasteiger partial charge in [0.1, 0.15) is 11.3 Å². The summed E-state index contributed by atoms with van der Waals surface area (Å²) < 4.78 is 16.8. The Morgan fingerprint density at radius 2 is 1.96 bits per heavy atom. The number of benzene rings is 1. The van der Waals surface area contributed by atoms with Crippen molar-refractivity contribution in [2.24, 2.45) is 0 Å². The van der Waals surface area contributed by atoms with Crippen molar-refractivity contribution >= 4 is 26.8 Å². The van der Waals surface area contributed by atoms with E-state index in [0.29, 0.717) is 22.2 Å². The molecule has 1 aliphatic rings. The smallest absolute Gasteiger partial charge is 0.261 e. The van der Waals surface area contributed by atoms with Gasteiger partial charge < -0.3 is 0 Å². The van der Waals surface area contributed by atoms with Gasteiger partial charge in [-0.05, 0) is 51.4 Å². The number of halogens is 2. The third kappa shape index (κ3) is 3.65. The first kappa shape index (κ1) is 18.5. The van der Waals surface area contributed by atoms with Crippen LogP contribution in [0.15, 0.2) is 21.4 Å². The molecule has 1 aromatic carbocycles. The molecule has 0 spiro atoms. The Morgan fingerprint density at radius 1 is 1.24 bits per heavy atom. The number of aromatic nitrogens is 2. The van der Waals surface area contributed by atoms with Crippen LogP contribution in [0.25, 0.3) is 10.9 Å². The van der Waals surface area contributed by atoms with Crippen molar-refractivity contribution in [3.8, 4) is 0 Å². The Kier molecular flexibility index (Phi) is 5.89. The molecule has 25 heavy (non-hydrogen) atoms. The van der Waals surface area contributed by atoms with Gasteiger partial charge in [-0.3, -0.25) is 14.3 Å². The average molecular weight is 410 g/mol. The molecule has 0 aliphatic carbocycles. The van der Waals surface area contributed by atoms with E-state index >= 15 is 0 Å². The van der Waals surface area contributed by atoms with Gasteiger partial charge in [0.05, 0.1) is 11.4 Å². The van der Waals surface area contributed by atoms with E-state index in [1.807, 2.05) is 6.92 Å². The van der Waals surface area contributed by atoms with Crippen LogP contribution in [-0.2, 0) is 6.54 Å². The zero-order chi connectivity index (χ0) is 18.0. The summed E-state index contributed by atoms with van der Waals surface area (Å²) in [7, 11) is 0. The zero-order valence-electron chi connectivity index (χ0n) is 14.9. The Bertz CT molecular complexity index is 814. The molecule has 6 heteroatoms. The third-order valence-corrected chi connectivity index (χ3v) is 5.47. The van der Waals surface area contributed by atoms with Gasteiger partial charge in [0.25, 0.3) is 5.56 Å². The van der Waals surface area contributed by atoms with Crippen LogP contribution in [0.3, 0.4) is 0 Å². The number of nitrogens with zero attached hydrogens (tertiary/aromatic N) is 3. The minimum absolute atomic E-state index is 0.0744. The summed E-state index contributed by atoms with van der Waals surface area (Å²) >= 11 is 3.27. The molecule has 1 saturated heterocycles. The molecule has 1 aliphatic heterocycles. The monoisotopic (exact) mass is 409 g/mol. The molecule has 1 aromatic heterocycles. The van der Waals surface area contributed by atoms with E-state index in [1.165, 1.54) is 25.3 Å². The molecule has 0 saturated carbocycles. The molecule has 3 rings (SSSR count). The van der Waals surface area contributed by atoms with Crippen molar-refractivity contribution in [3.05, 3.63) is 38.6 Å². The van der Waals surface area contributed by atoms with Crippen molar-refractivity contribution in [3.63, 3.8) is 0 Å². The summed E-state index contributed by atoms with van der Waals surface area (Å²) in [6, 6.07) is 3.12. The maximum absolute atomic E-state index is 14.5. The molecule has 0 bridgehead atoms. The quantitative estimate of drug-likeness (QED) is 0.721. The first-order valence-corrected chi connectivity index (χ1v) is 9.99. The van der Waals surface area contributed by atoms with Crippen LogP contribution < -0.4 is 5.56 Å². The molecular weight excluding hydrogens is 385 g/mol. The molecule has 1 fully saturated rings. The van der Waals surface area contributed by atoms with Crippen molar-refractivity contribution in [2.45, 2.75) is 58.5 Å². The lowest BCUT2D eigenvalue weighted by Crippen LogP contribution is -2.38. The van der Waals surface area contributed by atoms with Crippen molar-refractivity contribution < 1.29 is 4.39 Å². The minimum atomic E-state index is -0.445. The number of hydrogen-bond donors (Lipinski definition) is 0. The summed E-state index contributed by atoms with van der Waals surface area (Å²) in [5.41, 5.74) is 0.0341. The van der Waals surface area contributed by atoms with Crippen molar-refractivity contribution in [1.29, 1.82) is 0 Å². The van der Waals surface area contributed by atoms with Crippen LogP contribution in [0.2, 0.25) is 0 Å². The Hall–Kier alpha value is -1.27. The number of rotatable bonds is 5. The molecule has 2 heterocycles. The zero-order valence-corrected chi connectivity index (χ0v) is 16.5. The molecule has 4 nitrogen and oxygen atoms in total. The molecule has 1 atom stereocenters. The standard InChI is InChI=1S/C19H25BrFN3O/c1-3-8-16(23-9-6-5-7-10-23)18-22-17-14(19(25)24(18)4-2)11-13(20)12-15(17)21/h11-12,16H,3-10H2,1-2H3. The fraction of sp³-hybridized carbons (Fsp3) is 0.579. The van der Waals surface area contributed by atoms with Gasteiger partial charge in [-0.2, -0.15) is 0 Å². The van der Waals surface area contributed by atoms with Gasteiger partial charge in [-0.1, -0.05) is 35.7 Å². The second-order valence-electron chi connectivity index (χ2n) is 6.70. The van der Waals surface area contributed by atoms with E-state index in [1.54, 1.807) is 10.6 Å². The SMILES string of the molecule is CCCC(c1nc2c(F)cc(Br)cc2c(=O)n1CC)N1CCCCC1. The highest BCUT2D eigenvalue weighted by Gasteiger charge is 2.27. The first-order chi connectivity index (χ1) is 12.1. The third-order valence-electron chi connectivity index (χ3n) is 5.01. The van der Waals surface area contributed by atoms with Gasteiger partial charge >= 0.3 is 0 Å². The largest absolute Gasteiger partial charge is 0.295 e. The number of piperidine rings is 1. The fourth-order valence-electron chi connectivity index (χ4n) is 3.81. The summed E-state index contributed by atoms with van der Waals surface area (Å²) in [5, 5.41) is 0.339. The highest BCUT2D eigenvalue weighted by molar-refractivity contribution is 9.10. The Labute approximate surface area is 156 Å². The van der Waals surface area contributed by atoms with Crippen LogP contribution in [0.5, 0.6) is 0 Å². The van der Waals surface area contributed by atoms with E-state index in [0.717, 1.165) is 25.9 Å². The summed E-state index contributed by atoms with van der Waals surface area (Å²) in [5.74, 6) is 0.268. The van der Waals surface area contributed by atoms with Gasteiger partial charge in [-0.15, -0.1) is 0 Å². The van der Waals surface area contributed by atoms with Crippen molar-refractivity contribution in [1.82, 2.24) is 14.5 Å². The molecule has 1 unspecified atom stereocenters. The van der Waals surface area contributed by atoms with Crippen LogP contribution >= 0.6 is 15.9 Å². The topological polar surface area (TPSA) is 38.1 Å². The summed E-state index contributed by atoms with van der Waals surface area (Å²) in [6.07, 6.45) is 5.53. The van der Waals surface area contributed by atoms with Gasteiger partial charge in [0.2, 0.25) is 0 Å². The van der Waals surface area contributed by atoms with Crippen LogP contribution in [0.4, 0.5) is 4.39 Å². The molecule has 2 aromatic rings. The second-order valence-corrected chi connectivity index (χ2v) is 7.62. The Balaban J connectivity index is 2.20. The van der Waals surface area contributed by atoms with Crippen LogP contribution in [0, 0.1) is 5.82 Å². The number of hydrogen-bond acceptors (Lipinski definition) is 3. The lowest BCUT2D eigenvalue weighted by molar-refractivity contribution is 0.144. The van der Waals surface area contributed by atoms with Gasteiger partial charge in [-0.25, -0.2) is 9.37 Å². The molecule has 0 radical (unpaired) electrons. The van der Waals surface area contributed by atoms with Gasteiger partial charge in [0.15, 0.2) is 5.82 Å². The molecular formula is C19H25BrFN3O. The number of likely N-dealkylation sites (tertiary alicyclic amines) is 1. The first-order valence-electron chi connectivity index (χ1n) is 9.20. The lowest BCUT2D eigenvalue weighted by atomic mass is 10.0. The van der Waals surface area contributed by atoms with Gasteiger partial charge in [0, 0.05) is 11.0 Å².